The van der Waals surface area contributed by atoms with Crippen molar-refractivity contribution in [3.8, 4) is 5.75 Å². The summed E-state index contributed by atoms with van der Waals surface area (Å²) in [4.78, 5) is 33.4. The van der Waals surface area contributed by atoms with Crippen LogP contribution in [0.15, 0.2) is 42.6 Å². The minimum atomic E-state index is -0.203. The maximum absolute atomic E-state index is 12.8. The Morgan fingerprint density at radius 2 is 2.00 bits per heavy atom. The third-order valence-corrected chi connectivity index (χ3v) is 5.14. The Balaban J connectivity index is 1.50. The third-order valence-electron chi connectivity index (χ3n) is 5.14. The van der Waals surface area contributed by atoms with E-state index in [0.717, 1.165) is 11.5 Å². The fourth-order valence-corrected chi connectivity index (χ4v) is 3.66. The molecular weight excluding hydrogens is 344 g/mol. The van der Waals surface area contributed by atoms with Crippen molar-refractivity contribution in [3.63, 3.8) is 0 Å². The molecule has 2 aliphatic heterocycles. The van der Waals surface area contributed by atoms with Gasteiger partial charge in [0, 0.05) is 37.9 Å². The van der Waals surface area contributed by atoms with Crippen molar-refractivity contribution in [3.05, 3.63) is 59.7 Å². The monoisotopic (exact) mass is 366 g/mol. The summed E-state index contributed by atoms with van der Waals surface area (Å²) in [6.45, 7) is 4.46. The smallest absolute Gasteiger partial charge is 0.254 e. The number of carbonyl (C=O) groups is 2. The van der Waals surface area contributed by atoms with Gasteiger partial charge in [0.1, 0.15) is 11.6 Å². The molecule has 2 aliphatic rings. The molecule has 1 N–H and O–H groups in total. The van der Waals surface area contributed by atoms with E-state index in [1.807, 2.05) is 29.8 Å². The van der Waals surface area contributed by atoms with Gasteiger partial charge in [-0.05, 0) is 25.1 Å². The highest BCUT2D eigenvalue weighted by molar-refractivity contribution is 5.94. The van der Waals surface area contributed by atoms with E-state index in [9.17, 15) is 14.7 Å². The van der Waals surface area contributed by atoms with Crippen molar-refractivity contribution in [2.75, 3.05) is 19.6 Å². The summed E-state index contributed by atoms with van der Waals surface area (Å²) in [6, 6.07) is 6.18. The first-order valence-corrected chi connectivity index (χ1v) is 9.11. The lowest BCUT2D eigenvalue weighted by molar-refractivity contribution is -0.129. The highest BCUT2D eigenvalue weighted by atomic mass is 16.3. The number of nitrogens with zero attached hydrogens (tertiary/aromatic N) is 4. The minimum absolute atomic E-state index is 0.0655. The third kappa shape index (κ3) is 3.32. The number of amides is 2. The highest BCUT2D eigenvalue weighted by Crippen LogP contribution is 2.27. The molecule has 0 radical (unpaired) electrons. The van der Waals surface area contributed by atoms with Crippen molar-refractivity contribution >= 4 is 11.8 Å². The number of aromatic nitrogens is 2. The second-order valence-corrected chi connectivity index (χ2v) is 6.96. The molecule has 0 saturated carbocycles. The van der Waals surface area contributed by atoms with Crippen LogP contribution >= 0.6 is 0 Å². The molecule has 0 aliphatic carbocycles. The van der Waals surface area contributed by atoms with Gasteiger partial charge < -0.3 is 19.5 Å². The predicted molar refractivity (Wildman–Crippen MR) is 99.2 cm³/mol. The van der Waals surface area contributed by atoms with E-state index in [2.05, 4.69) is 4.98 Å². The van der Waals surface area contributed by atoms with Gasteiger partial charge in [0.05, 0.1) is 18.2 Å². The molecule has 3 heterocycles. The van der Waals surface area contributed by atoms with E-state index < -0.39 is 0 Å². The molecule has 1 atom stereocenters. The van der Waals surface area contributed by atoms with E-state index >= 15 is 0 Å². The quantitative estimate of drug-likeness (QED) is 0.840. The number of aromatic hydroxyl groups is 1. The zero-order valence-electron chi connectivity index (χ0n) is 15.2. The normalized spacial score (nSPS) is 18.6. The standard InChI is InChI=1S/C20H22N4O3/c1-14-19-21-16(12-18(26)22-7-2-3-8-22)13-23(19)9-10-24(14)20(27)15-5-4-6-17(25)11-15/h2-6,11,13-14,25H,7-10,12H2,1H3/t14-/m0/s1. The van der Waals surface area contributed by atoms with Gasteiger partial charge >= 0.3 is 0 Å². The molecule has 4 rings (SSSR count). The van der Waals surface area contributed by atoms with Crippen LogP contribution in [-0.2, 0) is 17.8 Å². The number of phenols is 1. The van der Waals surface area contributed by atoms with Crippen LogP contribution in [0.4, 0.5) is 0 Å². The number of rotatable bonds is 3. The maximum atomic E-state index is 12.8. The van der Waals surface area contributed by atoms with Crippen LogP contribution < -0.4 is 0 Å². The number of hydrogen-bond donors (Lipinski definition) is 1. The molecule has 0 fully saturated rings. The largest absolute Gasteiger partial charge is 0.508 e. The summed E-state index contributed by atoms with van der Waals surface area (Å²) in [5, 5.41) is 9.63. The fourth-order valence-electron chi connectivity index (χ4n) is 3.66. The molecule has 27 heavy (non-hydrogen) atoms. The van der Waals surface area contributed by atoms with Crippen LogP contribution in [0.1, 0.15) is 34.8 Å². The summed E-state index contributed by atoms with van der Waals surface area (Å²) in [5.74, 6) is 0.797. The van der Waals surface area contributed by atoms with Crippen molar-refractivity contribution in [1.82, 2.24) is 19.4 Å². The average molecular weight is 366 g/mol. The Labute approximate surface area is 157 Å². The molecule has 0 spiro atoms. The van der Waals surface area contributed by atoms with Crippen LogP contribution in [0.25, 0.3) is 0 Å². The molecule has 0 unspecified atom stereocenters. The number of phenolic OH excluding ortho intramolecular Hbond substituents is 1. The van der Waals surface area contributed by atoms with Gasteiger partial charge in [-0.25, -0.2) is 4.98 Å². The lowest BCUT2D eigenvalue weighted by atomic mass is 10.1. The molecule has 0 bridgehead atoms. The molecule has 7 heteroatoms. The van der Waals surface area contributed by atoms with E-state index in [4.69, 9.17) is 0 Å². The van der Waals surface area contributed by atoms with Gasteiger partial charge in [-0.3, -0.25) is 9.59 Å². The van der Waals surface area contributed by atoms with Gasteiger partial charge in [-0.15, -0.1) is 0 Å². The van der Waals surface area contributed by atoms with E-state index in [0.29, 0.717) is 31.7 Å². The van der Waals surface area contributed by atoms with Gasteiger partial charge in [-0.1, -0.05) is 18.2 Å². The van der Waals surface area contributed by atoms with Crippen LogP contribution in [0.3, 0.4) is 0 Å². The number of fused-ring (bicyclic) bond motifs is 1. The van der Waals surface area contributed by atoms with Crippen molar-refractivity contribution in [2.45, 2.75) is 25.9 Å². The topological polar surface area (TPSA) is 78.7 Å². The first-order valence-electron chi connectivity index (χ1n) is 9.11. The average Bonchev–Trinajstić information content (AvgIpc) is 3.31. The van der Waals surface area contributed by atoms with Crippen LogP contribution in [0, 0.1) is 0 Å². The Kier molecular flexibility index (Phi) is 4.43. The van der Waals surface area contributed by atoms with Gasteiger partial charge in [0.15, 0.2) is 0 Å². The van der Waals surface area contributed by atoms with E-state index in [1.165, 1.54) is 6.07 Å². The second-order valence-electron chi connectivity index (χ2n) is 6.96. The summed E-state index contributed by atoms with van der Waals surface area (Å²) in [7, 11) is 0. The lowest BCUT2D eigenvalue weighted by Gasteiger charge is -2.33. The molecule has 1 aromatic heterocycles. The Morgan fingerprint density at radius 3 is 2.74 bits per heavy atom. The summed E-state index contributed by atoms with van der Waals surface area (Å²) < 4.78 is 2.03. The van der Waals surface area contributed by atoms with E-state index in [1.54, 1.807) is 28.0 Å². The van der Waals surface area contributed by atoms with Crippen molar-refractivity contribution < 1.29 is 14.7 Å². The minimum Gasteiger partial charge on any atom is -0.508 e. The molecule has 2 amide bonds. The maximum Gasteiger partial charge on any atom is 0.254 e. The van der Waals surface area contributed by atoms with Crippen LogP contribution in [-0.4, -0.2) is 55.9 Å². The van der Waals surface area contributed by atoms with Crippen LogP contribution in [0.2, 0.25) is 0 Å². The van der Waals surface area contributed by atoms with Gasteiger partial charge in [0.2, 0.25) is 5.91 Å². The first kappa shape index (κ1) is 17.3. The van der Waals surface area contributed by atoms with Crippen LogP contribution in [0.5, 0.6) is 5.75 Å². The molecule has 7 nitrogen and oxygen atoms in total. The summed E-state index contributed by atoms with van der Waals surface area (Å²) in [5.41, 5.74) is 1.19. The Morgan fingerprint density at radius 1 is 1.22 bits per heavy atom. The molecular formula is C20H22N4O3. The fraction of sp³-hybridized carbons (Fsp3) is 0.350. The second kappa shape index (κ2) is 6.90. The first-order chi connectivity index (χ1) is 13.0. The molecule has 1 aromatic carbocycles. The molecule has 140 valence electrons. The number of carbonyl (C=O) groups excluding carboxylic acids is 2. The number of imidazole rings is 1. The number of hydrogen-bond acceptors (Lipinski definition) is 4. The number of benzene rings is 1. The van der Waals surface area contributed by atoms with E-state index in [-0.39, 0.29) is 30.0 Å². The summed E-state index contributed by atoms with van der Waals surface area (Å²) >= 11 is 0. The van der Waals surface area contributed by atoms with Gasteiger partial charge in [-0.2, -0.15) is 0 Å². The van der Waals surface area contributed by atoms with Crippen molar-refractivity contribution in [1.29, 1.82) is 0 Å². The lowest BCUT2D eigenvalue weighted by Crippen LogP contribution is -2.41. The predicted octanol–water partition coefficient (Wildman–Crippen LogP) is 1.75. The zero-order chi connectivity index (χ0) is 19.0. The molecule has 2 aromatic rings. The Bertz CT molecular complexity index is 910. The van der Waals surface area contributed by atoms with Crippen molar-refractivity contribution in [2.24, 2.45) is 0 Å². The highest BCUT2D eigenvalue weighted by Gasteiger charge is 2.31. The van der Waals surface area contributed by atoms with Gasteiger partial charge in [0.25, 0.3) is 5.91 Å². The summed E-state index contributed by atoms with van der Waals surface area (Å²) in [6.07, 6.45) is 6.17. The zero-order valence-corrected chi connectivity index (χ0v) is 15.2. The Hall–Kier alpha value is -3.09. The molecule has 0 saturated heterocycles. The SMILES string of the molecule is C[C@H]1c2nc(CC(=O)N3CC=CC3)cn2CCN1C(=O)c1cccc(O)c1.